The molecule has 0 spiro atoms. The van der Waals surface area contributed by atoms with Gasteiger partial charge in [0.25, 0.3) is 11.8 Å². The number of benzene rings is 2. The van der Waals surface area contributed by atoms with Crippen LogP contribution in [0.1, 0.15) is 71.9 Å². The van der Waals surface area contributed by atoms with Gasteiger partial charge in [-0.05, 0) is 54.7 Å². The molecule has 5 nitrogen and oxygen atoms in total. The van der Waals surface area contributed by atoms with E-state index in [2.05, 4.69) is 22.9 Å². The molecule has 39 heavy (non-hydrogen) atoms. The monoisotopic (exact) mass is 559 g/mol. The van der Waals surface area contributed by atoms with Crippen LogP contribution in [-0.2, 0) is 29.8 Å². The van der Waals surface area contributed by atoms with Crippen molar-refractivity contribution in [3.05, 3.63) is 93.5 Å². The molecule has 2 aromatic carbocycles. The van der Waals surface area contributed by atoms with E-state index in [4.69, 9.17) is 11.6 Å². The highest BCUT2D eigenvalue weighted by Gasteiger charge is 2.53. The maximum atomic E-state index is 14.7. The number of nitrogens with one attached hydrogen (secondary N) is 1. The van der Waals surface area contributed by atoms with Gasteiger partial charge in [0.15, 0.2) is 5.54 Å². The highest BCUT2D eigenvalue weighted by atomic mass is 35.5. The first-order valence-corrected chi connectivity index (χ1v) is 15.2. The fourth-order valence-corrected chi connectivity index (χ4v) is 7.40. The van der Waals surface area contributed by atoms with Crippen LogP contribution in [0, 0.1) is 0 Å². The lowest BCUT2D eigenvalue weighted by Gasteiger charge is -2.47. The van der Waals surface area contributed by atoms with Crippen molar-refractivity contribution in [2.75, 3.05) is 0 Å². The standard InChI is InChI=1S/C32H34ClN3O2S/c1-2-26-18-27-29(39-26)19-28-30(37)36(20-22-14-16-24(33)17-15-22)32(21-35(27)28,23-10-6-5-7-11-23)31(38)34-25-12-8-3-4-9-13-25/h5-7,10-11,14-19,25H,2-4,8-9,12-13,20-21H2,1H3,(H,34,38)/t32-/m0/s1. The molecule has 0 unspecified atom stereocenters. The second-order valence-corrected chi connectivity index (χ2v) is 12.4. The molecule has 2 amide bonds. The smallest absolute Gasteiger partial charge is 0.272 e. The van der Waals surface area contributed by atoms with Gasteiger partial charge in [-0.1, -0.05) is 86.7 Å². The molecule has 7 heteroatoms. The third-order valence-electron chi connectivity index (χ3n) is 8.37. The summed E-state index contributed by atoms with van der Waals surface area (Å²) in [6, 6.07) is 21.7. The molecule has 2 aliphatic rings. The predicted octanol–water partition coefficient (Wildman–Crippen LogP) is 7.31. The second-order valence-electron chi connectivity index (χ2n) is 10.8. The van der Waals surface area contributed by atoms with Crippen molar-refractivity contribution in [1.82, 2.24) is 14.8 Å². The topological polar surface area (TPSA) is 54.3 Å². The lowest BCUT2D eigenvalue weighted by Crippen LogP contribution is -2.63. The number of rotatable bonds is 6. The van der Waals surface area contributed by atoms with Crippen molar-refractivity contribution < 1.29 is 9.59 Å². The fraction of sp³-hybridized carbons (Fsp3) is 0.375. The molecule has 1 fully saturated rings. The van der Waals surface area contributed by atoms with Crippen LogP contribution in [0.5, 0.6) is 0 Å². The number of amides is 2. The summed E-state index contributed by atoms with van der Waals surface area (Å²) in [7, 11) is 0. The summed E-state index contributed by atoms with van der Waals surface area (Å²) in [6.45, 7) is 2.82. The SMILES string of the molecule is CCc1cc2c(cc3n2C[C@@](C(=O)NC2CCCCCC2)(c2ccccc2)N(Cc2ccc(Cl)cc2)C3=O)s1. The average molecular weight is 560 g/mol. The van der Waals surface area contributed by atoms with Gasteiger partial charge in [-0.2, -0.15) is 0 Å². The van der Waals surface area contributed by atoms with E-state index in [9.17, 15) is 9.59 Å². The predicted molar refractivity (Wildman–Crippen MR) is 158 cm³/mol. The molecule has 202 valence electrons. The molecule has 1 saturated carbocycles. The number of nitrogens with zero attached hydrogens (tertiary/aromatic N) is 2. The summed E-state index contributed by atoms with van der Waals surface area (Å²) in [5, 5.41) is 4.08. The lowest BCUT2D eigenvalue weighted by molar-refractivity contribution is -0.136. The molecule has 4 aromatic rings. The molecule has 6 rings (SSSR count). The summed E-state index contributed by atoms with van der Waals surface area (Å²) in [5.74, 6) is -0.223. The zero-order chi connectivity index (χ0) is 27.0. The number of hydrogen-bond acceptors (Lipinski definition) is 3. The number of fused-ring (bicyclic) bond motifs is 3. The van der Waals surface area contributed by atoms with Crippen molar-refractivity contribution in [3.8, 4) is 0 Å². The molecule has 1 N–H and O–H groups in total. The third kappa shape index (κ3) is 4.78. The average Bonchev–Trinajstić information content (AvgIpc) is 3.40. The normalized spacial score (nSPS) is 20.2. The zero-order valence-corrected chi connectivity index (χ0v) is 23.9. The summed E-state index contributed by atoms with van der Waals surface area (Å²) < 4.78 is 3.18. The van der Waals surface area contributed by atoms with Crippen LogP contribution in [0.2, 0.25) is 5.02 Å². The van der Waals surface area contributed by atoms with Gasteiger partial charge >= 0.3 is 0 Å². The van der Waals surface area contributed by atoms with Crippen molar-refractivity contribution in [1.29, 1.82) is 0 Å². The number of hydrogen-bond donors (Lipinski definition) is 1. The molecule has 0 saturated heterocycles. The Bertz CT molecular complexity index is 1490. The Labute approximate surface area is 238 Å². The van der Waals surface area contributed by atoms with Crippen LogP contribution >= 0.6 is 22.9 Å². The fourth-order valence-electron chi connectivity index (χ4n) is 6.23. The van der Waals surface area contributed by atoms with E-state index in [1.54, 1.807) is 16.2 Å². The summed E-state index contributed by atoms with van der Waals surface area (Å²) in [5.41, 5.74) is 2.25. The molecule has 3 heterocycles. The Morgan fingerprint density at radius 3 is 2.44 bits per heavy atom. The van der Waals surface area contributed by atoms with Gasteiger partial charge in [0.05, 0.1) is 16.8 Å². The van der Waals surface area contributed by atoms with E-state index in [1.807, 2.05) is 60.7 Å². The quantitative estimate of drug-likeness (QED) is 0.252. The molecular weight excluding hydrogens is 526 g/mol. The zero-order valence-electron chi connectivity index (χ0n) is 22.3. The van der Waals surface area contributed by atoms with Crippen molar-refractivity contribution in [2.24, 2.45) is 0 Å². The van der Waals surface area contributed by atoms with Gasteiger partial charge in [-0.15, -0.1) is 11.3 Å². The van der Waals surface area contributed by atoms with Gasteiger partial charge in [0, 0.05) is 22.5 Å². The van der Waals surface area contributed by atoms with E-state index < -0.39 is 5.54 Å². The minimum absolute atomic E-state index is 0.0960. The Morgan fingerprint density at radius 1 is 1.03 bits per heavy atom. The van der Waals surface area contributed by atoms with Gasteiger partial charge in [0.2, 0.25) is 0 Å². The molecule has 1 aliphatic carbocycles. The van der Waals surface area contributed by atoms with Crippen LogP contribution < -0.4 is 5.32 Å². The number of thiophene rings is 1. The van der Waals surface area contributed by atoms with Crippen LogP contribution in [0.25, 0.3) is 10.2 Å². The largest absolute Gasteiger partial charge is 0.351 e. The molecule has 2 aromatic heterocycles. The molecule has 0 bridgehead atoms. The Kier molecular flexibility index (Phi) is 7.25. The number of halogens is 1. The van der Waals surface area contributed by atoms with Gasteiger partial charge < -0.3 is 14.8 Å². The van der Waals surface area contributed by atoms with Gasteiger partial charge in [0.1, 0.15) is 5.69 Å². The first-order valence-electron chi connectivity index (χ1n) is 14.0. The number of aromatic nitrogens is 1. The first kappa shape index (κ1) is 26.1. The van der Waals surface area contributed by atoms with E-state index in [1.165, 1.54) is 17.7 Å². The molecule has 1 atom stereocenters. The van der Waals surface area contributed by atoms with Crippen LogP contribution in [-0.4, -0.2) is 27.3 Å². The summed E-state index contributed by atoms with van der Waals surface area (Å²) >= 11 is 7.91. The van der Waals surface area contributed by atoms with Gasteiger partial charge in [-0.25, -0.2) is 0 Å². The summed E-state index contributed by atoms with van der Waals surface area (Å²) in [4.78, 5) is 32.2. The maximum Gasteiger partial charge on any atom is 0.272 e. The van der Waals surface area contributed by atoms with Crippen LogP contribution in [0.3, 0.4) is 0 Å². The van der Waals surface area contributed by atoms with E-state index in [0.29, 0.717) is 23.8 Å². The molecule has 0 radical (unpaired) electrons. The Hall–Kier alpha value is -3.09. The minimum Gasteiger partial charge on any atom is -0.351 e. The number of carbonyl (C=O) groups excluding carboxylic acids is 2. The minimum atomic E-state index is -1.20. The lowest BCUT2D eigenvalue weighted by atomic mass is 9.83. The number of carbonyl (C=O) groups is 2. The Balaban J connectivity index is 1.52. The Morgan fingerprint density at radius 2 is 1.74 bits per heavy atom. The van der Waals surface area contributed by atoms with Crippen molar-refractivity contribution in [3.63, 3.8) is 0 Å². The second kappa shape index (κ2) is 10.8. The summed E-state index contributed by atoms with van der Waals surface area (Å²) in [6.07, 6.45) is 7.55. The highest BCUT2D eigenvalue weighted by Crippen LogP contribution is 2.42. The van der Waals surface area contributed by atoms with Gasteiger partial charge in [-0.3, -0.25) is 9.59 Å². The van der Waals surface area contributed by atoms with Crippen molar-refractivity contribution >= 4 is 45.0 Å². The maximum absolute atomic E-state index is 14.7. The third-order valence-corrected chi connectivity index (χ3v) is 9.84. The van der Waals surface area contributed by atoms with E-state index in [0.717, 1.165) is 53.4 Å². The highest BCUT2D eigenvalue weighted by molar-refractivity contribution is 7.19. The molecule has 1 aliphatic heterocycles. The number of aryl methyl sites for hydroxylation is 1. The van der Waals surface area contributed by atoms with Crippen molar-refractivity contribution in [2.45, 2.75) is 76.5 Å². The van der Waals surface area contributed by atoms with Crippen LogP contribution in [0.15, 0.2) is 66.7 Å². The van der Waals surface area contributed by atoms with Crippen LogP contribution in [0.4, 0.5) is 0 Å². The van der Waals surface area contributed by atoms with E-state index >= 15 is 0 Å². The molecular formula is C32H34ClN3O2S. The van der Waals surface area contributed by atoms with E-state index in [-0.39, 0.29) is 17.9 Å². The first-order chi connectivity index (χ1) is 19.0.